The van der Waals surface area contributed by atoms with Crippen molar-refractivity contribution in [2.24, 2.45) is 17.3 Å². The Morgan fingerprint density at radius 3 is 1.70 bits per heavy atom. The summed E-state index contributed by atoms with van der Waals surface area (Å²) in [4.78, 5) is 93.9. The van der Waals surface area contributed by atoms with Gasteiger partial charge in [-0.3, -0.25) is 24.0 Å². The van der Waals surface area contributed by atoms with E-state index in [1.165, 1.54) is 97.4 Å². The number of likely N-dealkylation sites (tertiary alicyclic amines) is 4. The smallest absolute Gasteiger partial charge is 0.314 e. The number of carbonyl (C=O) groups excluding carboxylic acids is 5. The minimum absolute atomic E-state index is 0.0147. The van der Waals surface area contributed by atoms with Crippen LogP contribution in [0.4, 0.5) is 0 Å². The Morgan fingerprint density at radius 2 is 1.04 bits per heavy atom. The Bertz CT molecular complexity index is 4120. The standard InChI is InChI=1S/C23H30N2O3S.C22H30N2O2.C20H27N3O.C19H24N2OS/c1-3-28-22(27)23-12-7-6-11-19(23)25(14-8-13-23)20(26)15-16(2)21-24-17-9-4-5-10-18(17)29-21;1-15-7-5-8-18-21(15)17(14-23-18)16(2)13-20(25)24-12-6-11-22(26)10-4-3-9-19(22)24;1-14(17-13-22-20-16(17)8-4-10-21-20)12-19(24)23-11-5-7-15-6-2-3-9-18(15)23;1-13(19-20-15-7-3-5-9-17(15)23-19)12-18(22)21-11-10-14-6-2-4-8-16(14)21/h4-5,9-10,16,19H,3,6-8,11-15H2,1-2H3;5,7-8,14,16,19,23,26H,3-4,6,9-13H2,1-2H3;4,8,10,13-15,18H,2-3,5-7,9,11-12H2,1H3,(H,21,22);3,5,7,9,13-14,16H,2,4,6,8,10-12H2,1H3. The minimum atomic E-state index is -0.646. The molecule has 8 fully saturated rings. The van der Waals surface area contributed by atoms with Crippen molar-refractivity contribution < 1.29 is 33.8 Å². The van der Waals surface area contributed by atoms with Gasteiger partial charge in [0.2, 0.25) is 23.6 Å². The lowest BCUT2D eigenvalue weighted by Gasteiger charge is -2.51. The SMILES string of the molecule is CC(CC(=O)N1CCC2CCCCC21)c1nc2ccccc2s1.CC(CC(=O)N1CCCC2CCCCC21)c1c[nH]c2ncccc12.CCOC(=O)C12CCCCC1N(C(=O)CC(C)c1nc3ccccc3s1)CCC2.Cc1cccc2[nH]cc(C(C)CC(=O)N3CCCC4(O)CCCCC34)c12. The number of hydrogen-bond acceptors (Lipinski definition) is 12. The molecule has 102 heavy (non-hydrogen) atoms. The molecule has 5 aromatic heterocycles. The third kappa shape index (κ3) is 16.0. The number of esters is 1. The van der Waals surface area contributed by atoms with Gasteiger partial charge in [0, 0.05) is 117 Å². The molecule has 16 nitrogen and oxygen atoms in total. The Hall–Kier alpha value is -7.02. The number of aryl methyl sites for hydroxylation is 1. The molecular formula is C84H111N9O7S2. The average Bonchev–Trinajstić information content (AvgIpc) is 1.10. The van der Waals surface area contributed by atoms with E-state index in [1.54, 1.807) is 28.9 Å². The Balaban J connectivity index is 0.000000122. The number of rotatable bonds is 14. The van der Waals surface area contributed by atoms with E-state index in [2.05, 4.69) is 108 Å². The van der Waals surface area contributed by atoms with Crippen molar-refractivity contribution in [2.45, 2.75) is 268 Å². The lowest BCUT2D eigenvalue weighted by molar-refractivity contribution is -0.170. The highest BCUT2D eigenvalue weighted by atomic mass is 32.1. The van der Waals surface area contributed by atoms with Crippen LogP contribution in [-0.4, -0.2) is 142 Å². The highest BCUT2D eigenvalue weighted by Gasteiger charge is 2.54. The Morgan fingerprint density at radius 1 is 0.529 bits per heavy atom. The maximum Gasteiger partial charge on any atom is 0.314 e. The predicted octanol–water partition coefficient (Wildman–Crippen LogP) is 18.0. The van der Waals surface area contributed by atoms with Gasteiger partial charge in [-0.1, -0.05) is 115 Å². The number of nitrogens with zero attached hydrogens (tertiary/aromatic N) is 7. The number of amides is 4. The number of hydrogen-bond donors (Lipinski definition) is 3. The van der Waals surface area contributed by atoms with Crippen molar-refractivity contribution in [1.29, 1.82) is 0 Å². The van der Waals surface area contributed by atoms with Crippen molar-refractivity contribution in [3.8, 4) is 0 Å². The first kappa shape index (κ1) is 73.3. The zero-order valence-corrected chi connectivity index (χ0v) is 63.1. The van der Waals surface area contributed by atoms with Gasteiger partial charge in [-0.05, 0) is 193 Å². The number of aliphatic hydroxyl groups is 1. The fraction of sp³-hybridized carbons (Fsp3) is 0.595. The van der Waals surface area contributed by atoms with Gasteiger partial charge in [0.05, 0.1) is 54.1 Å². The first-order valence-electron chi connectivity index (χ1n) is 39.3. The van der Waals surface area contributed by atoms with E-state index in [1.807, 2.05) is 59.3 Å². The first-order chi connectivity index (χ1) is 49.5. The number of pyridine rings is 1. The maximum absolute atomic E-state index is 13.3. The third-order valence-electron chi connectivity index (χ3n) is 24.8. The van der Waals surface area contributed by atoms with Gasteiger partial charge in [0.1, 0.15) is 5.65 Å². The van der Waals surface area contributed by atoms with Crippen LogP contribution in [0.3, 0.4) is 0 Å². The quantitative estimate of drug-likeness (QED) is 0.0881. The number of piperidine rings is 3. The van der Waals surface area contributed by atoms with Crippen molar-refractivity contribution >= 4 is 94.6 Å². The van der Waals surface area contributed by atoms with Crippen molar-refractivity contribution in [1.82, 2.24) is 44.5 Å². The van der Waals surface area contributed by atoms with Gasteiger partial charge in [-0.15, -0.1) is 22.7 Å². The van der Waals surface area contributed by atoms with Crippen LogP contribution >= 0.6 is 22.7 Å². The van der Waals surface area contributed by atoms with Crippen LogP contribution in [0.25, 0.3) is 42.4 Å². The summed E-state index contributed by atoms with van der Waals surface area (Å²) in [5.41, 5.74) is 6.65. The molecule has 18 heteroatoms. The van der Waals surface area contributed by atoms with Crippen LogP contribution in [-0.2, 0) is 28.7 Å². The molecule has 4 saturated heterocycles. The summed E-state index contributed by atoms with van der Waals surface area (Å²) in [6.07, 6.45) is 33.4. The molecule has 4 aliphatic carbocycles. The molecule has 0 radical (unpaired) electrons. The molecule has 8 aliphatic rings. The van der Waals surface area contributed by atoms with Gasteiger partial charge >= 0.3 is 5.97 Å². The second-order valence-corrected chi connectivity index (χ2v) is 33.7. The fourth-order valence-corrected chi connectivity index (χ4v) is 21.5. The fourth-order valence-electron chi connectivity index (χ4n) is 19.5. The largest absolute Gasteiger partial charge is 0.466 e. The van der Waals surface area contributed by atoms with Crippen LogP contribution in [0.1, 0.15) is 258 Å². The summed E-state index contributed by atoms with van der Waals surface area (Å²) in [7, 11) is 0. The number of benzene rings is 3. The lowest BCUT2D eigenvalue weighted by atomic mass is 9.65. The third-order valence-corrected chi connectivity index (χ3v) is 27.4. The van der Waals surface area contributed by atoms with E-state index in [0.717, 1.165) is 157 Å². The molecule has 3 N–H and O–H groups in total. The zero-order valence-electron chi connectivity index (χ0n) is 61.5. The van der Waals surface area contributed by atoms with Crippen LogP contribution < -0.4 is 0 Å². The van der Waals surface area contributed by atoms with E-state index in [0.29, 0.717) is 56.2 Å². The van der Waals surface area contributed by atoms with Crippen molar-refractivity contribution in [3.05, 3.63) is 124 Å². The van der Waals surface area contributed by atoms with Crippen LogP contribution in [0.15, 0.2) is 97.5 Å². The molecule has 4 aliphatic heterocycles. The van der Waals surface area contributed by atoms with Gasteiger partial charge < -0.3 is 39.4 Å². The van der Waals surface area contributed by atoms with Crippen molar-refractivity contribution in [3.63, 3.8) is 0 Å². The second-order valence-electron chi connectivity index (χ2n) is 31.6. The number of thiazole rings is 2. The van der Waals surface area contributed by atoms with Crippen LogP contribution in [0.2, 0.25) is 0 Å². The molecule has 0 spiro atoms. The molecule has 4 amide bonds. The van der Waals surface area contributed by atoms with E-state index in [4.69, 9.17) is 14.7 Å². The monoisotopic (exact) mass is 1420 g/mol. The zero-order chi connectivity index (χ0) is 71.1. The molecule has 4 saturated carbocycles. The molecule has 3 aromatic carbocycles. The molecular weight excluding hydrogens is 1310 g/mol. The summed E-state index contributed by atoms with van der Waals surface area (Å²) in [5, 5.41) is 15.5. The predicted molar refractivity (Wildman–Crippen MR) is 410 cm³/mol. The molecule has 12 atom stereocenters. The highest BCUT2D eigenvalue weighted by molar-refractivity contribution is 7.19. The van der Waals surface area contributed by atoms with Gasteiger partial charge in [0.15, 0.2) is 0 Å². The minimum Gasteiger partial charge on any atom is -0.466 e. The molecule has 0 bridgehead atoms. The summed E-state index contributed by atoms with van der Waals surface area (Å²) >= 11 is 3.40. The van der Waals surface area contributed by atoms with Crippen LogP contribution in [0, 0.1) is 24.2 Å². The summed E-state index contributed by atoms with van der Waals surface area (Å²) in [5.74, 6) is 3.13. The molecule has 8 aromatic rings. The van der Waals surface area contributed by atoms with Gasteiger partial charge in [-0.2, -0.15) is 0 Å². The van der Waals surface area contributed by atoms with E-state index in [-0.39, 0.29) is 53.5 Å². The first-order valence-corrected chi connectivity index (χ1v) is 40.9. The Labute approximate surface area is 611 Å². The van der Waals surface area contributed by atoms with E-state index >= 15 is 0 Å². The summed E-state index contributed by atoms with van der Waals surface area (Å²) < 4.78 is 7.85. The number of carbonyl (C=O) groups is 5. The highest BCUT2D eigenvalue weighted by Crippen LogP contribution is 2.48. The average molecular weight is 1420 g/mol. The maximum atomic E-state index is 13.3. The van der Waals surface area contributed by atoms with Crippen LogP contribution in [0.5, 0.6) is 0 Å². The van der Waals surface area contributed by atoms with Gasteiger partial charge in [-0.25, -0.2) is 15.0 Å². The molecule has 12 unspecified atom stereocenters. The number of fused-ring (bicyclic) bond motifs is 8. The molecule has 546 valence electrons. The number of aromatic nitrogens is 5. The topological polar surface area (TPSA) is 198 Å². The van der Waals surface area contributed by atoms with E-state index in [9.17, 15) is 29.1 Å². The molecule has 16 rings (SSSR count). The lowest BCUT2D eigenvalue weighted by Crippen LogP contribution is -2.60. The number of nitrogens with one attached hydrogen (secondary N) is 2. The number of H-pyrrole nitrogens is 2. The summed E-state index contributed by atoms with van der Waals surface area (Å²) in [6, 6.07) is 27.7. The number of ether oxygens (including phenoxy) is 1. The number of aromatic amines is 2. The van der Waals surface area contributed by atoms with E-state index < -0.39 is 11.0 Å². The Kier molecular flexibility index (Phi) is 23.7. The number of para-hydroxylation sites is 2. The second kappa shape index (κ2) is 33.0. The molecule has 9 heterocycles. The van der Waals surface area contributed by atoms with Crippen molar-refractivity contribution in [2.75, 3.05) is 32.8 Å². The summed E-state index contributed by atoms with van der Waals surface area (Å²) in [6.45, 7) is 16.4. The normalized spacial score (nSPS) is 26.0. The van der Waals surface area contributed by atoms with Gasteiger partial charge in [0.25, 0.3) is 0 Å².